The van der Waals surface area contributed by atoms with Crippen LogP contribution in [0, 0.1) is 0 Å². The summed E-state index contributed by atoms with van der Waals surface area (Å²) >= 11 is 3.49. The summed E-state index contributed by atoms with van der Waals surface area (Å²) in [5.41, 5.74) is 1.36. The molecule has 0 bridgehead atoms. The zero-order valence-corrected chi connectivity index (χ0v) is 19.8. The Bertz CT molecular complexity index is 559. The van der Waals surface area contributed by atoms with Crippen LogP contribution in [0.15, 0.2) is 33.7 Å². The minimum Gasteiger partial charge on any atom is -0.369 e. The molecule has 0 spiro atoms. The molecule has 0 radical (unpaired) electrons. The van der Waals surface area contributed by atoms with E-state index in [2.05, 4.69) is 93.6 Å². The Hall–Kier alpha value is -0.540. The Morgan fingerprint density at radius 2 is 1.96 bits per heavy atom. The Morgan fingerprint density at radius 1 is 1.32 bits per heavy atom. The molecular weight excluding hydrogens is 493 g/mol. The molecule has 1 atom stereocenters. The van der Waals surface area contributed by atoms with Gasteiger partial charge in [0.25, 0.3) is 0 Å². The Labute approximate surface area is 177 Å². The molecular formula is C18H31BrIN5. The zero-order valence-electron chi connectivity index (χ0n) is 15.8. The second kappa shape index (κ2) is 9.97. The van der Waals surface area contributed by atoms with Crippen molar-refractivity contribution in [3.8, 4) is 0 Å². The van der Waals surface area contributed by atoms with Crippen LogP contribution in [-0.2, 0) is 0 Å². The maximum Gasteiger partial charge on any atom is 0.191 e. The molecule has 7 heteroatoms. The van der Waals surface area contributed by atoms with Crippen molar-refractivity contribution in [2.75, 3.05) is 45.7 Å². The summed E-state index contributed by atoms with van der Waals surface area (Å²) in [4.78, 5) is 9.01. The van der Waals surface area contributed by atoms with Crippen molar-refractivity contribution in [2.24, 2.45) is 4.99 Å². The summed E-state index contributed by atoms with van der Waals surface area (Å²) in [6.45, 7) is 7.36. The maximum atomic E-state index is 4.37. The molecule has 1 saturated heterocycles. The van der Waals surface area contributed by atoms with Crippen molar-refractivity contribution in [1.82, 2.24) is 15.5 Å². The highest BCUT2D eigenvalue weighted by Crippen LogP contribution is 2.22. The molecule has 2 N–H and O–H groups in total. The van der Waals surface area contributed by atoms with Gasteiger partial charge in [-0.05, 0) is 58.6 Å². The first kappa shape index (κ1) is 22.5. The molecule has 142 valence electrons. The van der Waals surface area contributed by atoms with Crippen molar-refractivity contribution < 1.29 is 0 Å². The van der Waals surface area contributed by atoms with Gasteiger partial charge in [0.15, 0.2) is 5.96 Å². The fourth-order valence-electron chi connectivity index (χ4n) is 2.61. The average Bonchev–Trinajstić information content (AvgIpc) is 3.00. The monoisotopic (exact) mass is 523 g/mol. The van der Waals surface area contributed by atoms with E-state index in [0.29, 0.717) is 6.04 Å². The smallest absolute Gasteiger partial charge is 0.191 e. The Balaban J connectivity index is 0.00000312. The van der Waals surface area contributed by atoms with Gasteiger partial charge in [-0.15, -0.1) is 24.0 Å². The number of rotatable bonds is 5. The molecule has 1 fully saturated rings. The van der Waals surface area contributed by atoms with Gasteiger partial charge in [-0.25, -0.2) is 0 Å². The molecule has 0 saturated carbocycles. The lowest BCUT2D eigenvalue weighted by atomic mass is 10.0. The molecule has 0 amide bonds. The lowest BCUT2D eigenvalue weighted by Crippen LogP contribution is -2.52. The van der Waals surface area contributed by atoms with E-state index in [-0.39, 0.29) is 29.5 Å². The molecule has 1 aromatic rings. The van der Waals surface area contributed by atoms with Gasteiger partial charge in [0.05, 0.1) is 0 Å². The molecule has 1 aliphatic rings. The van der Waals surface area contributed by atoms with Crippen LogP contribution in [-0.4, -0.2) is 63.2 Å². The number of benzene rings is 1. The van der Waals surface area contributed by atoms with Crippen molar-refractivity contribution in [3.63, 3.8) is 0 Å². The first-order valence-electron chi connectivity index (χ1n) is 8.47. The highest BCUT2D eigenvalue weighted by molar-refractivity contribution is 14.0. The van der Waals surface area contributed by atoms with Gasteiger partial charge in [-0.3, -0.25) is 4.99 Å². The van der Waals surface area contributed by atoms with Crippen LogP contribution >= 0.6 is 39.9 Å². The molecule has 1 unspecified atom stereocenters. The number of guanidine groups is 1. The van der Waals surface area contributed by atoms with Crippen LogP contribution in [0.5, 0.6) is 0 Å². The van der Waals surface area contributed by atoms with E-state index < -0.39 is 0 Å². The third kappa shape index (κ3) is 6.60. The molecule has 0 aromatic heterocycles. The van der Waals surface area contributed by atoms with Gasteiger partial charge in [0, 0.05) is 48.4 Å². The number of nitrogens with one attached hydrogen (secondary N) is 2. The summed E-state index contributed by atoms with van der Waals surface area (Å²) in [7, 11) is 6.04. The molecule has 0 aliphatic carbocycles. The normalized spacial score (nSPS) is 18.3. The predicted octanol–water partition coefficient (Wildman–Crippen LogP) is 3.15. The number of anilines is 1. The van der Waals surface area contributed by atoms with Crippen LogP contribution in [0.4, 0.5) is 5.69 Å². The van der Waals surface area contributed by atoms with Crippen molar-refractivity contribution in [1.29, 1.82) is 0 Å². The topological polar surface area (TPSA) is 42.9 Å². The maximum absolute atomic E-state index is 4.37. The number of hydrogen-bond donors (Lipinski definition) is 2. The van der Waals surface area contributed by atoms with Crippen LogP contribution in [0.25, 0.3) is 0 Å². The minimum absolute atomic E-state index is 0. The third-order valence-electron chi connectivity index (χ3n) is 4.84. The van der Waals surface area contributed by atoms with Crippen LogP contribution in [0.1, 0.15) is 20.3 Å². The van der Waals surface area contributed by atoms with E-state index in [9.17, 15) is 0 Å². The molecule has 1 heterocycles. The number of hydrogen-bond acceptors (Lipinski definition) is 3. The quantitative estimate of drug-likeness (QED) is 0.353. The van der Waals surface area contributed by atoms with Crippen LogP contribution < -0.4 is 15.5 Å². The lowest BCUT2D eigenvalue weighted by molar-refractivity contribution is 0.197. The number of aliphatic imine (C=N–C) groups is 1. The van der Waals surface area contributed by atoms with Gasteiger partial charge >= 0.3 is 0 Å². The molecule has 25 heavy (non-hydrogen) atoms. The zero-order chi connectivity index (χ0) is 17.7. The third-order valence-corrected chi connectivity index (χ3v) is 5.37. The standard InChI is InChI=1S/C18H30BrN5.HI/c1-18(2,23(4)5)13-21-17(20-3)22-15-10-11-24(12-15)16-8-6-14(19)7-9-16;/h6-9,15H,10-13H2,1-5H3,(H2,20,21,22);1H. The fourth-order valence-corrected chi connectivity index (χ4v) is 2.87. The summed E-state index contributed by atoms with van der Waals surface area (Å²) in [6.07, 6.45) is 1.12. The molecule has 5 nitrogen and oxygen atoms in total. The second-order valence-electron chi connectivity index (χ2n) is 7.18. The Kier molecular flexibility index (Phi) is 8.97. The summed E-state index contributed by atoms with van der Waals surface area (Å²) in [5.74, 6) is 0.882. The second-order valence-corrected chi connectivity index (χ2v) is 8.10. The number of nitrogens with zero attached hydrogens (tertiary/aromatic N) is 3. The van der Waals surface area contributed by atoms with E-state index >= 15 is 0 Å². The molecule has 1 aliphatic heterocycles. The van der Waals surface area contributed by atoms with Gasteiger partial charge in [-0.1, -0.05) is 15.9 Å². The SMILES string of the molecule is CN=C(NCC(C)(C)N(C)C)NC1CCN(c2ccc(Br)cc2)C1.I. The van der Waals surface area contributed by atoms with E-state index in [4.69, 9.17) is 0 Å². The number of halogens is 2. The largest absolute Gasteiger partial charge is 0.369 e. The van der Waals surface area contributed by atoms with Crippen molar-refractivity contribution >= 4 is 51.6 Å². The highest BCUT2D eigenvalue weighted by Gasteiger charge is 2.25. The number of likely N-dealkylation sites (N-methyl/N-ethyl adjacent to an activating group) is 1. The first-order valence-corrected chi connectivity index (χ1v) is 9.26. The lowest BCUT2D eigenvalue weighted by Gasteiger charge is -2.33. The van der Waals surface area contributed by atoms with Gasteiger partial charge < -0.3 is 20.4 Å². The van der Waals surface area contributed by atoms with E-state index in [1.165, 1.54) is 5.69 Å². The van der Waals surface area contributed by atoms with E-state index in [1.54, 1.807) is 0 Å². The highest BCUT2D eigenvalue weighted by atomic mass is 127. The minimum atomic E-state index is 0. The van der Waals surface area contributed by atoms with Gasteiger partial charge in [0.1, 0.15) is 0 Å². The Morgan fingerprint density at radius 3 is 2.52 bits per heavy atom. The van der Waals surface area contributed by atoms with Crippen LogP contribution in [0.2, 0.25) is 0 Å². The summed E-state index contributed by atoms with van der Waals surface area (Å²) < 4.78 is 1.12. The van der Waals surface area contributed by atoms with Gasteiger partial charge in [0.2, 0.25) is 0 Å². The summed E-state index contributed by atoms with van der Waals surface area (Å²) in [6, 6.07) is 8.94. The van der Waals surface area contributed by atoms with Crippen LogP contribution in [0.3, 0.4) is 0 Å². The predicted molar refractivity (Wildman–Crippen MR) is 122 cm³/mol. The molecule has 1 aromatic carbocycles. The summed E-state index contributed by atoms with van der Waals surface area (Å²) in [5, 5.41) is 7.01. The average molecular weight is 524 g/mol. The fraction of sp³-hybridized carbons (Fsp3) is 0.611. The van der Waals surface area contributed by atoms with Crippen molar-refractivity contribution in [3.05, 3.63) is 28.7 Å². The van der Waals surface area contributed by atoms with E-state index in [1.807, 2.05) is 7.05 Å². The first-order chi connectivity index (χ1) is 11.3. The van der Waals surface area contributed by atoms with E-state index in [0.717, 1.165) is 36.5 Å². The van der Waals surface area contributed by atoms with Gasteiger partial charge in [-0.2, -0.15) is 0 Å². The van der Waals surface area contributed by atoms with Crippen molar-refractivity contribution in [2.45, 2.75) is 31.8 Å². The molecule has 2 rings (SSSR count).